The molecule has 0 fully saturated rings. The number of hydrogen-bond acceptors (Lipinski definition) is 3. The van der Waals surface area contributed by atoms with Crippen LogP contribution in [0.2, 0.25) is 0 Å². The van der Waals surface area contributed by atoms with E-state index >= 15 is 0 Å². The van der Waals surface area contributed by atoms with Crippen LogP contribution < -0.4 is 0 Å². The Morgan fingerprint density at radius 1 is 1.50 bits per heavy atom. The van der Waals surface area contributed by atoms with Gasteiger partial charge in [0.1, 0.15) is 0 Å². The Morgan fingerprint density at radius 2 is 2.20 bits per heavy atom. The molecule has 0 saturated carbocycles. The first-order valence-corrected chi connectivity index (χ1v) is 3.12. The minimum absolute atomic E-state index is 0.109. The van der Waals surface area contributed by atoms with Crippen molar-refractivity contribution in [2.75, 3.05) is 20.8 Å². The van der Waals surface area contributed by atoms with Crippen molar-refractivity contribution in [3.05, 3.63) is 5.21 Å². The van der Waals surface area contributed by atoms with E-state index in [1.165, 1.54) is 6.21 Å². The number of hydrogen-bond donors (Lipinski definition) is 0. The first-order valence-electron chi connectivity index (χ1n) is 3.12. The van der Waals surface area contributed by atoms with Gasteiger partial charge in [0.05, 0.1) is 0 Å². The van der Waals surface area contributed by atoms with Gasteiger partial charge in [-0.15, -0.1) is 0 Å². The average Bonchev–Trinajstić information content (AvgIpc) is 2.30. The Kier molecular flexibility index (Phi) is 2.24. The molecular weight excluding hydrogens is 134 g/mol. The van der Waals surface area contributed by atoms with Gasteiger partial charge in [0.2, 0.25) is 0 Å². The lowest BCUT2D eigenvalue weighted by Gasteiger charge is -2.10. The molecule has 10 heavy (non-hydrogen) atoms. The van der Waals surface area contributed by atoms with Crippen LogP contribution in [0.4, 0.5) is 0 Å². The minimum Gasteiger partial charge on any atom is -0.624 e. The summed E-state index contributed by atoms with van der Waals surface area (Å²) in [5.74, 6) is 0. The van der Waals surface area contributed by atoms with Crippen molar-refractivity contribution in [1.82, 2.24) is 0 Å². The maximum absolute atomic E-state index is 10.7. The predicted octanol–water partition coefficient (Wildman–Crippen LogP) is -0.389. The lowest BCUT2D eigenvalue weighted by molar-refractivity contribution is -0.452. The standard InChI is InChI=1S/C6H11NO3/c1-9-5-3-7(8)4-6(5)10-2/h3,5-6H,4H2,1-2H3. The van der Waals surface area contributed by atoms with Crippen molar-refractivity contribution in [2.45, 2.75) is 12.2 Å². The van der Waals surface area contributed by atoms with Crippen molar-refractivity contribution in [1.29, 1.82) is 0 Å². The Bertz CT molecular complexity index is 146. The van der Waals surface area contributed by atoms with Gasteiger partial charge in [-0.3, -0.25) is 0 Å². The fourth-order valence-electron chi connectivity index (χ4n) is 1.02. The summed E-state index contributed by atoms with van der Waals surface area (Å²) in [7, 11) is 3.13. The van der Waals surface area contributed by atoms with Gasteiger partial charge in [-0.25, -0.2) is 4.74 Å². The number of rotatable bonds is 2. The van der Waals surface area contributed by atoms with E-state index in [1.54, 1.807) is 14.2 Å². The second-order valence-electron chi connectivity index (χ2n) is 2.22. The highest BCUT2D eigenvalue weighted by molar-refractivity contribution is 5.60. The Hall–Kier alpha value is -0.610. The fraction of sp³-hybridized carbons (Fsp3) is 0.833. The third-order valence-electron chi connectivity index (χ3n) is 1.61. The molecule has 0 aromatic carbocycles. The van der Waals surface area contributed by atoms with Crippen molar-refractivity contribution in [2.24, 2.45) is 0 Å². The average molecular weight is 145 g/mol. The maximum atomic E-state index is 10.7. The minimum atomic E-state index is -0.178. The lowest BCUT2D eigenvalue weighted by atomic mass is 10.2. The van der Waals surface area contributed by atoms with Crippen molar-refractivity contribution in [3.63, 3.8) is 0 Å². The van der Waals surface area contributed by atoms with E-state index in [9.17, 15) is 5.21 Å². The molecule has 1 rings (SSSR count). The summed E-state index contributed by atoms with van der Waals surface area (Å²) < 4.78 is 10.8. The van der Waals surface area contributed by atoms with Crippen LogP contribution in [0.25, 0.3) is 0 Å². The molecule has 4 nitrogen and oxygen atoms in total. The van der Waals surface area contributed by atoms with E-state index in [2.05, 4.69) is 0 Å². The highest BCUT2D eigenvalue weighted by Gasteiger charge is 2.31. The Balaban J connectivity index is 2.52. The fourth-order valence-corrected chi connectivity index (χ4v) is 1.02. The van der Waals surface area contributed by atoms with Gasteiger partial charge < -0.3 is 14.7 Å². The summed E-state index contributed by atoms with van der Waals surface area (Å²) in [6.07, 6.45) is 1.19. The summed E-state index contributed by atoms with van der Waals surface area (Å²) in [4.78, 5) is 0. The van der Waals surface area contributed by atoms with Gasteiger partial charge in [-0.1, -0.05) is 0 Å². The second-order valence-corrected chi connectivity index (χ2v) is 2.22. The van der Waals surface area contributed by atoms with Crippen LogP contribution in [-0.2, 0) is 9.47 Å². The zero-order chi connectivity index (χ0) is 7.56. The summed E-state index contributed by atoms with van der Waals surface area (Å²) in [6, 6.07) is 0. The SMILES string of the molecule is COC1C=[N+]([O-])CC1OC. The van der Waals surface area contributed by atoms with E-state index in [0.29, 0.717) is 6.54 Å². The molecule has 0 amide bonds. The highest BCUT2D eigenvalue weighted by atomic mass is 16.5. The topological polar surface area (TPSA) is 44.5 Å². The molecule has 1 heterocycles. The smallest absolute Gasteiger partial charge is 0.183 e. The molecule has 0 radical (unpaired) electrons. The number of nitrogens with zero attached hydrogens (tertiary/aromatic N) is 1. The monoisotopic (exact) mass is 145 g/mol. The number of methoxy groups -OCH3 is 2. The first kappa shape index (κ1) is 7.50. The first-order chi connectivity index (χ1) is 4.77. The molecule has 0 bridgehead atoms. The van der Waals surface area contributed by atoms with Crippen molar-refractivity contribution < 1.29 is 14.2 Å². The largest absolute Gasteiger partial charge is 0.624 e. The summed E-state index contributed by atoms with van der Waals surface area (Å²) in [6.45, 7) is 0.370. The van der Waals surface area contributed by atoms with Crippen molar-refractivity contribution >= 4 is 6.21 Å². The molecule has 0 aromatic heterocycles. The van der Waals surface area contributed by atoms with Crippen LogP contribution in [0, 0.1) is 5.21 Å². The molecule has 0 spiro atoms. The van der Waals surface area contributed by atoms with Gasteiger partial charge >= 0.3 is 0 Å². The highest BCUT2D eigenvalue weighted by Crippen LogP contribution is 2.06. The zero-order valence-corrected chi connectivity index (χ0v) is 6.11. The molecular formula is C6H11NO3. The summed E-state index contributed by atoms with van der Waals surface area (Å²) in [5, 5.41) is 10.7. The Labute approximate surface area is 59.6 Å². The van der Waals surface area contributed by atoms with Gasteiger partial charge in [-0.05, 0) is 0 Å². The summed E-state index contributed by atoms with van der Waals surface area (Å²) >= 11 is 0. The molecule has 2 unspecified atom stereocenters. The molecule has 4 heteroatoms. The lowest BCUT2D eigenvalue weighted by Crippen LogP contribution is -2.28. The second kappa shape index (κ2) is 2.98. The van der Waals surface area contributed by atoms with Gasteiger partial charge in [-0.2, -0.15) is 0 Å². The molecule has 0 aromatic rings. The third kappa shape index (κ3) is 1.27. The van der Waals surface area contributed by atoms with Crippen LogP contribution in [0.1, 0.15) is 0 Å². The van der Waals surface area contributed by atoms with E-state index < -0.39 is 0 Å². The quantitative estimate of drug-likeness (QED) is 0.392. The van der Waals surface area contributed by atoms with Gasteiger partial charge in [0.25, 0.3) is 0 Å². The Morgan fingerprint density at radius 3 is 2.60 bits per heavy atom. The molecule has 0 aliphatic carbocycles. The number of ether oxygens (including phenoxy) is 2. The van der Waals surface area contributed by atoms with Gasteiger partial charge in [0, 0.05) is 14.2 Å². The van der Waals surface area contributed by atoms with E-state index in [1.807, 2.05) is 0 Å². The molecule has 1 aliphatic rings. The predicted molar refractivity (Wildman–Crippen MR) is 36.2 cm³/mol. The van der Waals surface area contributed by atoms with E-state index in [0.717, 1.165) is 4.74 Å². The zero-order valence-electron chi connectivity index (χ0n) is 6.11. The molecule has 0 saturated heterocycles. The van der Waals surface area contributed by atoms with Crippen molar-refractivity contribution in [3.8, 4) is 0 Å². The van der Waals surface area contributed by atoms with Crippen LogP contribution in [-0.4, -0.2) is 43.9 Å². The van der Waals surface area contributed by atoms with E-state index in [4.69, 9.17) is 9.47 Å². The third-order valence-corrected chi connectivity index (χ3v) is 1.61. The molecule has 58 valence electrons. The van der Waals surface area contributed by atoms with Crippen LogP contribution in [0.5, 0.6) is 0 Å². The summed E-state index contributed by atoms with van der Waals surface area (Å²) in [5.41, 5.74) is 0. The van der Waals surface area contributed by atoms with Crippen LogP contribution in [0.15, 0.2) is 0 Å². The number of hydroxylamine groups is 1. The van der Waals surface area contributed by atoms with Crippen LogP contribution in [0.3, 0.4) is 0 Å². The van der Waals surface area contributed by atoms with Crippen LogP contribution >= 0.6 is 0 Å². The molecule has 2 atom stereocenters. The van der Waals surface area contributed by atoms with E-state index in [-0.39, 0.29) is 12.2 Å². The normalized spacial score (nSPS) is 32.4. The maximum Gasteiger partial charge on any atom is 0.183 e. The molecule has 1 aliphatic heterocycles. The van der Waals surface area contributed by atoms with Gasteiger partial charge in [0.15, 0.2) is 25.0 Å². The molecule has 0 N–H and O–H groups in total.